The standard InChI is InChI=1S/C13H13N3O3/c1-8-4-10(6-14-5-8)12-15-11(16-19-12)7-18-13(17)9-2-3-9/h4-6,9H,2-3,7H2,1H3. The highest BCUT2D eigenvalue weighted by Crippen LogP contribution is 2.30. The summed E-state index contributed by atoms with van der Waals surface area (Å²) in [5.74, 6) is 0.648. The average molecular weight is 259 g/mol. The second kappa shape index (κ2) is 4.79. The maximum Gasteiger partial charge on any atom is 0.309 e. The second-order valence-corrected chi connectivity index (χ2v) is 4.65. The smallest absolute Gasteiger partial charge is 0.309 e. The number of hydrogen-bond acceptors (Lipinski definition) is 6. The first-order valence-corrected chi connectivity index (χ1v) is 6.13. The van der Waals surface area contributed by atoms with Crippen molar-refractivity contribution in [2.45, 2.75) is 26.4 Å². The van der Waals surface area contributed by atoms with Crippen molar-refractivity contribution in [1.82, 2.24) is 15.1 Å². The van der Waals surface area contributed by atoms with E-state index in [4.69, 9.17) is 9.26 Å². The molecule has 1 saturated carbocycles. The van der Waals surface area contributed by atoms with Gasteiger partial charge in [0.25, 0.3) is 5.89 Å². The van der Waals surface area contributed by atoms with Crippen LogP contribution in [-0.4, -0.2) is 21.1 Å². The molecule has 2 aromatic heterocycles. The van der Waals surface area contributed by atoms with Crippen LogP contribution in [-0.2, 0) is 16.1 Å². The lowest BCUT2D eigenvalue weighted by Crippen LogP contribution is -2.07. The number of esters is 1. The van der Waals surface area contributed by atoms with Crippen molar-refractivity contribution < 1.29 is 14.1 Å². The molecule has 0 amide bonds. The Morgan fingerprint density at radius 2 is 2.32 bits per heavy atom. The van der Waals surface area contributed by atoms with Gasteiger partial charge in [0.05, 0.1) is 11.5 Å². The number of carbonyl (C=O) groups is 1. The number of nitrogens with zero attached hydrogens (tertiary/aromatic N) is 3. The van der Waals surface area contributed by atoms with E-state index in [1.54, 1.807) is 12.4 Å². The zero-order valence-corrected chi connectivity index (χ0v) is 10.5. The predicted molar refractivity (Wildman–Crippen MR) is 64.8 cm³/mol. The SMILES string of the molecule is Cc1cncc(-c2nc(COC(=O)C3CC3)no2)c1. The Morgan fingerprint density at radius 1 is 1.47 bits per heavy atom. The molecule has 98 valence electrons. The molecule has 0 aliphatic heterocycles. The summed E-state index contributed by atoms with van der Waals surface area (Å²) in [6, 6.07) is 1.90. The Kier molecular flexibility index (Phi) is 2.98. The molecule has 0 aromatic carbocycles. The minimum atomic E-state index is -0.177. The van der Waals surface area contributed by atoms with Crippen LogP contribution in [0.25, 0.3) is 11.5 Å². The molecule has 0 radical (unpaired) electrons. The fourth-order valence-corrected chi connectivity index (χ4v) is 1.67. The van der Waals surface area contributed by atoms with E-state index in [1.807, 2.05) is 13.0 Å². The molecule has 0 bridgehead atoms. The number of hydrogen-bond donors (Lipinski definition) is 0. The number of carbonyl (C=O) groups excluding carboxylic acids is 1. The highest BCUT2D eigenvalue weighted by molar-refractivity contribution is 5.74. The van der Waals surface area contributed by atoms with Crippen molar-refractivity contribution >= 4 is 5.97 Å². The van der Waals surface area contributed by atoms with Gasteiger partial charge in [0, 0.05) is 12.4 Å². The van der Waals surface area contributed by atoms with Crippen molar-refractivity contribution in [2.24, 2.45) is 5.92 Å². The lowest BCUT2D eigenvalue weighted by molar-refractivity contribution is -0.146. The third-order valence-corrected chi connectivity index (χ3v) is 2.84. The normalized spacial score (nSPS) is 14.4. The van der Waals surface area contributed by atoms with Crippen LogP contribution >= 0.6 is 0 Å². The van der Waals surface area contributed by atoms with E-state index in [2.05, 4.69) is 15.1 Å². The summed E-state index contributed by atoms with van der Waals surface area (Å²) < 4.78 is 10.2. The topological polar surface area (TPSA) is 78.1 Å². The summed E-state index contributed by atoms with van der Waals surface area (Å²) >= 11 is 0. The van der Waals surface area contributed by atoms with E-state index in [1.165, 1.54) is 0 Å². The molecule has 6 nitrogen and oxygen atoms in total. The molecule has 1 fully saturated rings. The van der Waals surface area contributed by atoms with Crippen molar-refractivity contribution in [1.29, 1.82) is 0 Å². The Bertz CT molecular complexity index is 605. The summed E-state index contributed by atoms with van der Waals surface area (Å²) in [5.41, 5.74) is 1.77. The molecular weight excluding hydrogens is 246 g/mol. The van der Waals surface area contributed by atoms with Gasteiger partial charge in [-0.2, -0.15) is 4.98 Å². The Hall–Kier alpha value is -2.24. The van der Waals surface area contributed by atoms with Gasteiger partial charge >= 0.3 is 5.97 Å². The van der Waals surface area contributed by atoms with Crippen molar-refractivity contribution in [2.75, 3.05) is 0 Å². The summed E-state index contributed by atoms with van der Waals surface area (Å²) in [7, 11) is 0. The maximum absolute atomic E-state index is 11.4. The van der Waals surface area contributed by atoms with E-state index < -0.39 is 0 Å². The van der Waals surface area contributed by atoms with Crippen molar-refractivity contribution in [3.8, 4) is 11.5 Å². The van der Waals surface area contributed by atoms with E-state index in [0.29, 0.717) is 11.7 Å². The number of pyridine rings is 1. The van der Waals surface area contributed by atoms with Crippen LogP contribution in [0.15, 0.2) is 23.0 Å². The van der Waals surface area contributed by atoms with Gasteiger partial charge in [0.2, 0.25) is 5.82 Å². The van der Waals surface area contributed by atoms with Gasteiger partial charge in [-0.15, -0.1) is 0 Å². The zero-order chi connectivity index (χ0) is 13.2. The van der Waals surface area contributed by atoms with Crippen LogP contribution in [0.3, 0.4) is 0 Å². The molecule has 6 heteroatoms. The fraction of sp³-hybridized carbons (Fsp3) is 0.385. The van der Waals surface area contributed by atoms with E-state index in [9.17, 15) is 4.79 Å². The van der Waals surface area contributed by atoms with Gasteiger partial charge < -0.3 is 9.26 Å². The third-order valence-electron chi connectivity index (χ3n) is 2.84. The van der Waals surface area contributed by atoms with Gasteiger partial charge in [0.15, 0.2) is 6.61 Å². The van der Waals surface area contributed by atoms with Crippen LogP contribution in [0.1, 0.15) is 24.2 Å². The highest BCUT2D eigenvalue weighted by atomic mass is 16.5. The monoisotopic (exact) mass is 259 g/mol. The number of ether oxygens (including phenoxy) is 1. The molecule has 0 N–H and O–H groups in total. The summed E-state index contributed by atoms with van der Waals surface area (Å²) in [6.45, 7) is 1.99. The molecule has 2 aromatic rings. The Morgan fingerprint density at radius 3 is 3.05 bits per heavy atom. The van der Waals surface area contributed by atoms with Crippen LogP contribution in [0.2, 0.25) is 0 Å². The van der Waals surface area contributed by atoms with Gasteiger partial charge in [-0.1, -0.05) is 5.16 Å². The lowest BCUT2D eigenvalue weighted by atomic mass is 10.2. The van der Waals surface area contributed by atoms with E-state index >= 15 is 0 Å². The Labute approximate surface area is 109 Å². The summed E-state index contributed by atoms with van der Waals surface area (Å²) in [5, 5.41) is 3.78. The van der Waals surface area contributed by atoms with Crippen LogP contribution in [0.4, 0.5) is 0 Å². The zero-order valence-electron chi connectivity index (χ0n) is 10.5. The molecule has 1 aliphatic carbocycles. The number of aryl methyl sites for hydroxylation is 1. The van der Waals surface area contributed by atoms with Crippen molar-refractivity contribution in [3.05, 3.63) is 29.8 Å². The molecule has 0 unspecified atom stereocenters. The fourth-order valence-electron chi connectivity index (χ4n) is 1.67. The molecule has 2 heterocycles. The van der Waals surface area contributed by atoms with Gasteiger partial charge in [-0.3, -0.25) is 9.78 Å². The van der Waals surface area contributed by atoms with E-state index in [-0.39, 0.29) is 18.5 Å². The van der Waals surface area contributed by atoms with Gasteiger partial charge in [0.1, 0.15) is 0 Å². The minimum Gasteiger partial charge on any atom is -0.457 e. The minimum absolute atomic E-state index is 0.0536. The predicted octanol–water partition coefficient (Wildman–Crippen LogP) is 1.89. The van der Waals surface area contributed by atoms with Gasteiger partial charge in [-0.05, 0) is 31.4 Å². The summed E-state index contributed by atoms with van der Waals surface area (Å²) in [4.78, 5) is 19.6. The van der Waals surface area contributed by atoms with E-state index in [0.717, 1.165) is 24.0 Å². The molecule has 1 aliphatic rings. The average Bonchev–Trinajstić information content (AvgIpc) is 3.15. The largest absolute Gasteiger partial charge is 0.457 e. The first-order chi connectivity index (χ1) is 9.22. The molecule has 0 atom stereocenters. The molecule has 0 saturated heterocycles. The first-order valence-electron chi connectivity index (χ1n) is 6.13. The van der Waals surface area contributed by atoms with Crippen LogP contribution in [0.5, 0.6) is 0 Å². The lowest BCUT2D eigenvalue weighted by Gasteiger charge is -1.98. The number of rotatable bonds is 4. The maximum atomic E-state index is 11.4. The second-order valence-electron chi connectivity index (χ2n) is 4.65. The Balaban J connectivity index is 1.67. The van der Waals surface area contributed by atoms with Crippen LogP contribution < -0.4 is 0 Å². The summed E-state index contributed by atoms with van der Waals surface area (Å²) in [6.07, 6.45) is 5.25. The van der Waals surface area contributed by atoms with Crippen LogP contribution in [0, 0.1) is 12.8 Å². The molecule has 0 spiro atoms. The third kappa shape index (κ3) is 2.78. The van der Waals surface area contributed by atoms with Crippen molar-refractivity contribution in [3.63, 3.8) is 0 Å². The molecule has 19 heavy (non-hydrogen) atoms. The molecule has 3 rings (SSSR count). The van der Waals surface area contributed by atoms with Gasteiger partial charge in [-0.25, -0.2) is 0 Å². The molecular formula is C13H13N3O3. The number of aromatic nitrogens is 3. The first kappa shape index (κ1) is 11.8. The quantitative estimate of drug-likeness (QED) is 0.780. The highest BCUT2D eigenvalue weighted by Gasteiger charge is 2.31.